The van der Waals surface area contributed by atoms with E-state index < -0.39 is 5.54 Å². The predicted octanol–water partition coefficient (Wildman–Crippen LogP) is 0.388. The third-order valence-corrected chi connectivity index (χ3v) is 3.35. The fraction of sp³-hybridized carbons (Fsp3) is 0.467. The van der Waals surface area contributed by atoms with E-state index in [-0.39, 0.29) is 24.7 Å². The van der Waals surface area contributed by atoms with Gasteiger partial charge in [0.15, 0.2) is 0 Å². The Morgan fingerprint density at radius 3 is 2.76 bits per heavy atom. The van der Waals surface area contributed by atoms with E-state index in [0.29, 0.717) is 19.6 Å². The molecule has 114 valence electrons. The summed E-state index contributed by atoms with van der Waals surface area (Å²) in [5.41, 5.74) is 6.24. The third kappa shape index (κ3) is 4.54. The largest absolute Gasteiger partial charge is 0.497 e. The lowest BCUT2D eigenvalue weighted by molar-refractivity contribution is -0.134. The van der Waals surface area contributed by atoms with Crippen LogP contribution in [0, 0.1) is 0 Å². The van der Waals surface area contributed by atoms with E-state index in [9.17, 15) is 9.59 Å². The first kappa shape index (κ1) is 15.5. The van der Waals surface area contributed by atoms with Gasteiger partial charge in [0.25, 0.3) is 0 Å². The van der Waals surface area contributed by atoms with Crippen LogP contribution in [0.15, 0.2) is 24.3 Å². The minimum Gasteiger partial charge on any atom is -0.497 e. The van der Waals surface area contributed by atoms with Gasteiger partial charge in [-0.1, -0.05) is 12.1 Å². The fourth-order valence-electron chi connectivity index (χ4n) is 2.13. The minimum atomic E-state index is -0.614. The molecule has 0 spiro atoms. The Morgan fingerprint density at radius 2 is 2.14 bits per heavy atom. The first-order chi connectivity index (χ1) is 10.0. The van der Waals surface area contributed by atoms with Crippen LogP contribution in [0.1, 0.15) is 18.4 Å². The maximum absolute atomic E-state index is 11.7. The Kier molecular flexibility index (Phi) is 4.93. The lowest BCUT2D eigenvalue weighted by Gasteiger charge is -2.36. The quantitative estimate of drug-likeness (QED) is 0.791. The molecule has 6 heteroatoms. The van der Waals surface area contributed by atoms with Gasteiger partial charge >= 0.3 is 0 Å². The maximum Gasteiger partial charge on any atom is 0.228 e. The van der Waals surface area contributed by atoms with E-state index in [4.69, 9.17) is 15.2 Å². The molecule has 21 heavy (non-hydrogen) atoms. The van der Waals surface area contributed by atoms with Crippen LogP contribution >= 0.6 is 0 Å². The van der Waals surface area contributed by atoms with Crippen molar-refractivity contribution in [3.63, 3.8) is 0 Å². The predicted molar refractivity (Wildman–Crippen MR) is 76.8 cm³/mol. The van der Waals surface area contributed by atoms with E-state index in [2.05, 4.69) is 5.32 Å². The highest BCUT2D eigenvalue weighted by atomic mass is 16.5. The molecule has 1 heterocycles. The SMILES string of the molecule is COc1cccc(CCC(=O)NC(=O)CC2(N)COC2)c1. The number of hydrogen-bond acceptors (Lipinski definition) is 5. The highest BCUT2D eigenvalue weighted by molar-refractivity contribution is 5.95. The summed E-state index contributed by atoms with van der Waals surface area (Å²) in [6, 6.07) is 7.49. The average molecular weight is 292 g/mol. The Balaban J connectivity index is 1.75. The number of carbonyl (C=O) groups is 2. The van der Waals surface area contributed by atoms with Gasteiger partial charge < -0.3 is 15.2 Å². The van der Waals surface area contributed by atoms with E-state index >= 15 is 0 Å². The number of imide groups is 1. The number of nitrogens with two attached hydrogens (primary N) is 1. The van der Waals surface area contributed by atoms with Crippen molar-refractivity contribution in [3.05, 3.63) is 29.8 Å². The zero-order valence-corrected chi connectivity index (χ0v) is 12.1. The molecule has 1 saturated heterocycles. The number of benzene rings is 1. The van der Waals surface area contributed by atoms with Crippen LogP contribution < -0.4 is 15.8 Å². The van der Waals surface area contributed by atoms with Crippen LogP contribution in [0.5, 0.6) is 5.75 Å². The van der Waals surface area contributed by atoms with Crippen LogP contribution in [0.2, 0.25) is 0 Å². The van der Waals surface area contributed by atoms with Crippen molar-refractivity contribution in [2.24, 2.45) is 5.73 Å². The van der Waals surface area contributed by atoms with Crippen LogP contribution in [0.25, 0.3) is 0 Å². The molecule has 0 atom stereocenters. The summed E-state index contributed by atoms with van der Waals surface area (Å²) in [5, 5.41) is 2.36. The van der Waals surface area contributed by atoms with Crippen LogP contribution in [-0.4, -0.2) is 37.7 Å². The van der Waals surface area contributed by atoms with Gasteiger partial charge in [0.1, 0.15) is 5.75 Å². The summed E-state index contributed by atoms with van der Waals surface area (Å²) < 4.78 is 10.1. The molecule has 1 aliphatic heterocycles. The van der Waals surface area contributed by atoms with Crippen molar-refractivity contribution in [1.29, 1.82) is 0 Å². The molecular weight excluding hydrogens is 272 g/mol. The normalized spacial score (nSPS) is 15.9. The summed E-state index contributed by atoms with van der Waals surface area (Å²) in [6.07, 6.45) is 0.901. The summed E-state index contributed by atoms with van der Waals surface area (Å²) in [6.45, 7) is 0.719. The first-order valence-electron chi connectivity index (χ1n) is 6.83. The maximum atomic E-state index is 11.7. The summed E-state index contributed by atoms with van der Waals surface area (Å²) >= 11 is 0. The highest BCUT2D eigenvalue weighted by Crippen LogP contribution is 2.17. The molecule has 0 bridgehead atoms. The van der Waals surface area contributed by atoms with E-state index in [1.54, 1.807) is 7.11 Å². The van der Waals surface area contributed by atoms with Crippen molar-refractivity contribution < 1.29 is 19.1 Å². The summed E-state index contributed by atoms with van der Waals surface area (Å²) in [5.74, 6) is 0.0992. The third-order valence-electron chi connectivity index (χ3n) is 3.35. The number of aryl methyl sites for hydroxylation is 1. The molecule has 1 aromatic carbocycles. The van der Waals surface area contributed by atoms with Gasteiger partial charge in [0, 0.05) is 12.8 Å². The van der Waals surface area contributed by atoms with Gasteiger partial charge in [-0.15, -0.1) is 0 Å². The standard InChI is InChI=1S/C15H20N2O4/c1-20-12-4-2-3-11(7-12)5-6-13(18)17-14(19)8-15(16)9-21-10-15/h2-4,7H,5-6,8-10,16H2,1H3,(H,17,18,19). The number of hydrogen-bond donors (Lipinski definition) is 2. The Labute approximate surface area is 123 Å². The second-order valence-electron chi connectivity index (χ2n) is 5.35. The van der Waals surface area contributed by atoms with Gasteiger partial charge in [-0.3, -0.25) is 14.9 Å². The van der Waals surface area contributed by atoms with Crippen molar-refractivity contribution in [3.8, 4) is 5.75 Å². The number of carbonyl (C=O) groups excluding carboxylic acids is 2. The smallest absolute Gasteiger partial charge is 0.228 e. The van der Waals surface area contributed by atoms with Crippen molar-refractivity contribution in [2.75, 3.05) is 20.3 Å². The van der Waals surface area contributed by atoms with Crippen LogP contribution in [-0.2, 0) is 20.7 Å². The van der Waals surface area contributed by atoms with Gasteiger partial charge in [-0.2, -0.15) is 0 Å². The lowest BCUT2D eigenvalue weighted by Crippen LogP contribution is -2.59. The van der Waals surface area contributed by atoms with Crippen LogP contribution in [0.4, 0.5) is 0 Å². The zero-order chi connectivity index (χ0) is 15.3. The second-order valence-corrected chi connectivity index (χ2v) is 5.35. The average Bonchev–Trinajstić information content (AvgIpc) is 2.43. The number of ether oxygens (including phenoxy) is 2. The Morgan fingerprint density at radius 1 is 1.38 bits per heavy atom. The van der Waals surface area contributed by atoms with Crippen molar-refractivity contribution in [2.45, 2.75) is 24.8 Å². The molecule has 0 saturated carbocycles. The monoisotopic (exact) mass is 292 g/mol. The summed E-state index contributed by atoms with van der Waals surface area (Å²) in [4.78, 5) is 23.4. The molecule has 1 aromatic rings. The molecule has 0 unspecified atom stereocenters. The van der Waals surface area contributed by atoms with E-state index in [1.807, 2.05) is 24.3 Å². The highest BCUT2D eigenvalue weighted by Gasteiger charge is 2.36. The van der Waals surface area contributed by atoms with Crippen molar-refractivity contribution in [1.82, 2.24) is 5.32 Å². The zero-order valence-electron chi connectivity index (χ0n) is 12.1. The molecule has 1 fully saturated rings. The molecule has 2 rings (SSSR count). The molecule has 0 aromatic heterocycles. The number of methoxy groups -OCH3 is 1. The van der Waals surface area contributed by atoms with Gasteiger partial charge in [0.2, 0.25) is 11.8 Å². The molecule has 3 N–H and O–H groups in total. The Hall–Kier alpha value is -1.92. The topological polar surface area (TPSA) is 90.7 Å². The molecular formula is C15H20N2O4. The molecule has 0 aliphatic carbocycles. The van der Waals surface area contributed by atoms with Gasteiger partial charge in [-0.05, 0) is 24.1 Å². The van der Waals surface area contributed by atoms with E-state index in [0.717, 1.165) is 11.3 Å². The number of rotatable bonds is 6. The second kappa shape index (κ2) is 6.69. The lowest BCUT2D eigenvalue weighted by atomic mass is 9.94. The molecule has 1 aliphatic rings. The van der Waals surface area contributed by atoms with Gasteiger partial charge in [-0.25, -0.2) is 0 Å². The van der Waals surface area contributed by atoms with Crippen LogP contribution in [0.3, 0.4) is 0 Å². The van der Waals surface area contributed by atoms with Gasteiger partial charge in [0.05, 0.1) is 25.9 Å². The molecule has 2 amide bonds. The Bertz CT molecular complexity index is 526. The van der Waals surface area contributed by atoms with E-state index in [1.165, 1.54) is 0 Å². The van der Waals surface area contributed by atoms with Crippen molar-refractivity contribution >= 4 is 11.8 Å². The fourth-order valence-corrected chi connectivity index (χ4v) is 2.13. The minimum absolute atomic E-state index is 0.109. The first-order valence-corrected chi connectivity index (χ1v) is 6.83. The molecule has 0 radical (unpaired) electrons. The summed E-state index contributed by atoms with van der Waals surface area (Å²) in [7, 11) is 1.59. The number of amides is 2. The number of nitrogens with one attached hydrogen (secondary N) is 1. The molecule has 6 nitrogen and oxygen atoms in total.